The number of nitrogens with zero attached hydrogens (tertiary/aromatic N) is 5. The van der Waals surface area contributed by atoms with Crippen LogP contribution < -0.4 is 5.32 Å². The van der Waals surface area contributed by atoms with E-state index in [2.05, 4.69) is 30.6 Å². The van der Waals surface area contributed by atoms with Crippen molar-refractivity contribution in [1.82, 2.24) is 25.3 Å². The van der Waals surface area contributed by atoms with Gasteiger partial charge in [0.2, 0.25) is 17.7 Å². The quantitative estimate of drug-likeness (QED) is 0.403. The molecule has 3 heterocycles. The van der Waals surface area contributed by atoms with Gasteiger partial charge in [-0.15, -0.1) is 10.2 Å². The molecule has 0 spiro atoms. The van der Waals surface area contributed by atoms with E-state index in [1.807, 2.05) is 0 Å². The third-order valence-corrected chi connectivity index (χ3v) is 4.93. The number of rotatable bonds is 8. The molecule has 0 saturated heterocycles. The van der Waals surface area contributed by atoms with Crippen molar-refractivity contribution in [2.75, 3.05) is 5.32 Å². The Balaban J connectivity index is 1.25. The maximum absolute atomic E-state index is 12.0. The van der Waals surface area contributed by atoms with Crippen LogP contribution in [0.4, 0.5) is 5.69 Å². The first kappa shape index (κ1) is 20.0. The molecule has 0 aliphatic carbocycles. The van der Waals surface area contributed by atoms with Gasteiger partial charge in [0, 0.05) is 41.5 Å². The van der Waals surface area contributed by atoms with Crippen molar-refractivity contribution in [3.05, 3.63) is 65.5 Å². The molecule has 0 fully saturated rings. The van der Waals surface area contributed by atoms with Crippen LogP contribution in [0, 0.1) is 0 Å². The van der Waals surface area contributed by atoms with Gasteiger partial charge in [-0.1, -0.05) is 28.5 Å². The van der Waals surface area contributed by atoms with Crippen molar-refractivity contribution in [3.8, 4) is 11.5 Å². The summed E-state index contributed by atoms with van der Waals surface area (Å²) in [5.41, 5.74) is 1.47. The maximum atomic E-state index is 12.0. The molecule has 0 aliphatic rings. The number of thioether (sulfide) groups is 1. The minimum Gasteiger partial charge on any atom is -0.411 e. The molecule has 0 aliphatic heterocycles. The van der Waals surface area contributed by atoms with Gasteiger partial charge in [-0.3, -0.25) is 9.78 Å². The lowest BCUT2D eigenvalue weighted by molar-refractivity contribution is -0.116. The van der Waals surface area contributed by atoms with E-state index in [0.717, 1.165) is 5.56 Å². The van der Waals surface area contributed by atoms with Crippen LogP contribution in [0.3, 0.4) is 0 Å². The van der Waals surface area contributed by atoms with Gasteiger partial charge in [-0.25, -0.2) is 0 Å². The van der Waals surface area contributed by atoms with Gasteiger partial charge in [-0.2, -0.15) is 4.98 Å². The van der Waals surface area contributed by atoms with Crippen molar-refractivity contribution in [2.24, 2.45) is 0 Å². The molecular weight excluding hydrogens is 428 g/mol. The molecule has 3 aromatic heterocycles. The number of aryl methyl sites for hydroxylation is 1. The molecule has 0 atom stereocenters. The Bertz CT molecular complexity index is 1120. The minimum atomic E-state index is -0.152. The molecule has 4 rings (SSSR count). The molecule has 152 valence electrons. The van der Waals surface area contributed by atoms with E-state index >= 15 is 0 Å². The topological polar surface area (TPSA) is 120 Å². The number of carbonyl (C=O) groups excluding carboxylic acids is 1. The normalized spacial score (nSPS) is 10.8. The summed E-state index contributed by atoms with van der Waals surface area (Å²) < 4.78 is 10.8. The fraction of sp³-hybridized carbons (Fsp3) is 0.158. The number of hydrogen-bond acceptors (Lipinski definition) is 9. The summed E-state index contributed by atoms with van der Waals surface area (Å²) in [4.78, 5) is 20.3. The molecule has 1 aromatic carbocycles. The van der Waals surface area contributed by atoms with E-state index in [1.165, 1.54) is 11.8 Å². The summed E-state index contributed by atoms with van der Waals surface area (Å²) in [5, 5.41) is 15.7. The van der Waals surface area contributed by atoms with Gasteiger partial charge in [0.25, 0.3) is 5.22 Å². The number of carbonyl (C=O) groups is 1. The highest BCUT2D eigenvalue weighted by molar-refractivity contribution is 7.98. The summed E-state index contributed by atoms with van der Waals surface area (Å²) in [5.74, 6) is 1.54. The Labute approximate surface area is 180 Å². The number of nitrogens with one attached hydrogen (secondary N) is 1. The fourth-order valence-corrected chi connectivity index (χ4v) is 3.17. The second-order valence-electron chi connectivity index (χ2n) is 6.06. The average Bonchev–Trinajstić information content (AvgIpc) is 3.43. The highest BCUT2D eigenvalue weighted by Crippen LogP contribution is 2.24. The highest BCUT2D eigenvalue weighted by Gasteiger charge is 2.13. The molecule has 0 bridgehead atoms. The zero-order valence-corrected chi connectivity index (χ0v) is 17.1. The second kappa shape index (κ2) is 9.51. The Hall–Kier alpha value is -3.24. The molecule has 4 aromatic rings. The van der Waals surface area contributed by atoms with E-state index in [4.69, 9.17) is 20.5 Å². The Morgan fingerprint density at radius 3 is 2.70 bits per heavy atom. The van der Waals surface area contributed by atoms with Gasteiger partial charge >= 0.3 is 0 Å². The Morgan fingerprint density at radius 2 is 1.90 bits per heavy atom. The lowest BCUT2D eigenvalue weighted by Crippen LogP contribution is -2.12. The molecule has 11 heteroatoms. The number of pyridine rings is 1. The van der Waals surface area contributed by atoms with E-state index in [0.29, 0.717) is 45.7 Å². The number of benzene rings is 1. The first-order valence-corrected chi connectivity index (χ1v) is 10.3. The molecule has 30 heavy (non-hydrogen) atoms. The summed E-state index contributed by atoms with van der Waals surface area (Å²) >= 11 is 7.13. The van der Waals surface area contributed by atoms with Crippen LogP contribution in [0.25, 0.3) is 11.5 Å². The average molecular weight is 443 g/mol. The lowest BCUT2D eigenvalue weighted by atomic mass is 10.2. The van der Waals surface area contributed by atoms with Crippen molar-refractivity contribution < 1.29 is 13.7 Å². The third-order valence-electron chi connectivity index (χ3n) is 3.86. The van der Waals surface area contributed by atoms with Crippen molar-refractivity contribution >= 4 is 35.0 Å². The minimum absolute atomic E-state index is 0.152. The number of anilines is 1. The Morgan fingerprint density at radius 1 is 1.10 bits per heavy atom. The van der Waals surface area contributed by atoms with Gasteiger partial charge in [0.1, 0.15) is 0 Å². The molecule has 0 saturated carbocycles. The zero-order valence-electron chi connectivity index (χ0n) is 15.5. The van der Waals surface area contributed by atoms with E-state index in [9.17, 15) is 4.79 Å². The van der Waals surface area contributed by atoms with Gasteiger partial charge in [0.15, 0.2) is 5.82 Å². The van der Waals surface area contributed by atoms with Crippen LogP contribution in [-0.4, -0.2) is 31.2 Å². The predicted molar refractivity (Wildman–Crippen MR) is 110 cm³/mol. The largest absolute Gasteiger partial charge is 0.411 e. The predicted octanol–water partition coefficient (Wildman–Crippen LogP) is 4.03. The summed E-state index contributed by atoms with van der Waals surface area (Å²) in [6.07, 6.45) is 3.87. The van der Waals surface area contributed by atoms with Crippen LogP contribution in [-0.2, 0) is 17.0 Å². The van der Waals surface area contributed by atoms with Crippen LogP contribution in [0.2, 0.25) is 5.02 Å². The van der Waals surface area contributed by atoms with Crippen LogP contribution in [0.1, 0.15) is 18.1 Å². The van der Waals surface area contributed by atoms with Crippen molar-refractivity contribution in [2.45, 2.75) is 23.8 Å². The highest BCUT2D eigenvalue weighted by atomic mass is 35.5. The van der Waals surface area contributed by atoms with Crippen LogP contribution in [0.15, 0.2) is 63.0 Å². The van der Waals surface area contributed by atoms with Gasteiger partial charge in [-0.05, 0) is 36.4 Å². The number of amides is 1. The number of halogens is 1. The third kappa shape index (κ3) is 5.43. The smallest absolute Gasteiger partial charge is 0.277 e. The number of aromatic nitrogens is 5. The monoisotopic (exact) mass is 442 g/mol. The van der Waals surface area contributed by atoms with E-state index in [1.54, 1.807) is 48.8 Å². The fourth-order valence-electron chi connectivity index (χ4n) is 2.43. The summed E-state index contributed by atoms with van der Waals surface area (Å²) in [6.45, 7) is 0. The SMILES string of the molecule is O=C(CCc1nc(CSc2nnc(-c3ccncc3)o2)no1)Nc1ccc(Cl)cc1. The second-order valence-corrected chi connectivity index (χ2v) is 7.42. The van der Waals surface area contributed by atoms with Crippen molar-refractivity contribution in [3.63, 3.8) is 0 Å². The van der Waals surface area contributed by atoms with E-state index < -0.39 is 0 Å². The van der Waals surface area contributed by atoms with Crippen molar-refractivity contribution in [1.29, 1.82) is 0 Å². The summed E-state index contributed by atoms with van der Waals surface area (Å²) in [7, 11) is 0. The molecule has 1 amide bonds. The zero-order chi connectivity index (χ0) is 20.8. The van der Waals surface area contributed by atoms with Crippen LogP contribution in [0.5, 0.6) is 0 Å². The molecular formula is C19H15ClN6O3S. The molecule has 9 nitrogen and oxygen atoms in total. The first-order valence-electron chi connectivity index (χ1n) is 8.89. The van der Waals surface area contributed by atoms with Crippen LogP contribution >= 0.6 is 23.4 Å². The molecule has 1 N–H and O–H groups in total. The van der Waals surface area contributed by atoms with Gasteiger partial charge < -0.3 is 14.3 Å². The van der Waals surface area contributed by atoms with E-state index in [-0.39, 0.29) is 12.3 Å². The standard InChI is InChI=1S/C19H15ClN6O3S/c20-13-1-3-14(4-2-13)22-16(27)5-6-17-23-15(26-29-17)11-30-19-25-24-18(28-19)12-7-9-21-10-8-12/h1-4,7-10H,5-6,11H2,(H,22,27). The Kier molecular flexibility index (Phi) is 6.35. The summed E-state index contributed by atoms with van der Waals surface area (Å²) in [6, 6.07) is 10.5. The number of hydrogen-bond donors (Lipinski definition) is 1. The lowest BCUT2D eigenvalue weighted by Gasteiger charge is -2.03. The molecule has 0 unspecified atom stereocenters. The van der Waals surface area contributed by atoms with Gasteiger partial charge in [0.05, 0.1) is 5.75 Å². The molecule has 0 radical (unpaired) electrons. The first-order chi connectivity index (χ1) is 14.7. The maximum Gasteiger partial charge on any atom is 0.277 e.